The highest BCUT2D eigenvalue weighted by atomic mass is 35.5. The first-order valence-electron chi connectivity index (χ1n) is 7.65. The van der Waals surface area contributed by atoms with E-state index in [2.05, 4.69) is 52.9 Å². The van der Waals surface area contributed by atoms with Gasteiger partial charge in [-0.25, -0.2) is 4.39 Å². The van der Waals surface area contributed by atoms with Crippen molar-refractivity contribution in [3.63, 3.8) is 0 Å². The molecule has 3 nitrogen and oxygen atoms in total. The molecule has 124 valence electrons. The molecule has 24 heavy (non-hydrogen) atoms. The van der Waals surface area contributed by atoms with Crippen molar-refractivity contribution in [2.24, 2.45) is 0 Å². The molecule has 3 aromatic rings. The third-order valence-electron chi connectivity index (χ3n) is 3.71. The summed E-state index contributed by atoms with van der Waals surface area (Å²) in [6.45, 7) is 4.90. The maximum Gasteiger partial charge on any atom is 0.191 e. The standard InChI is InChI=1S/C18H17ClFN3S/c1-3-23-17(13-6-4-12(2)5-7-13)21-22-18(23)24-11-14-8-9-15(20)10-16(14)19/h4-10H,3,11H2,1-2H3. The van der Waals surface area contributed by atoms with Gasteiger partial charge in [-0.05, 0) is 31.5 Å². The molecular formula is C18H17ClFN3S. The Morgan fingerprint density at radius 2 is 1.88 bits per heavy atom. The number of hydrogen-bond acceptors (Lipinski definition) is 3. The maximum atomic E-state index is 13.1. The van der Waals surface area contributed by atoms with Crippen molar-refractivity contribution in [1.82, 2.24) is 14.8 Å². The lowest BCUT2D eigenvalue weighted by Gasteiger charge is -2.08. The van der Waals surface area contributed by atoms with Crippen LogP contribution in [0.25, 0.3) is 11.4 Å². The molecular weight excluding hydrogens is 345 g/mol. The van der Waals surface area contributed by atoms with Gasteiger partial charge in [0.25, 0.3) is 0 Å². The summed E-state index contributed by atoms with van der Waals surface area (Å²) >= 11 is 7.64. The van der Waals surface area contributed by atoms with Gasteiger partial charge in [-0.2, -0.15) is 0 Å². The molecule has 3 rings (SSSR count). The van der Waals surface area contributed by atoms with E-state index in [0.29, 0.717) is 10.8 Å². The Hall–Kier alpha value is -1.85. The number of hydrogen-bond donors (Lipinski definition) is 0. The molecule has 0 fully saturated rings. The lowest BCUT2D eigenvalue weighted by molar-refractivity contribution is 0.627. The minimum atomic E-state index is -0.327. The molecule has 0 saturated heterocycles. The Morgan fingerprint density at radius 3 is 2.54 bits per heavy atom. The molecule has 1 heterocycles. The van der Waals surface area contributed by atoms with Crippen molar-refractivity contribution in [2.45, 2.75) is 31.3 Å². The maximum absolute atomic E-state index is 13.1. The van der Waals surface area contributed by atoms with Gasteiger partial charge in [0.1, 0.15) is 5.82 Å². The summed E-state index contributed by atoms with van der Waals surface area (Å²) in [7, 11) is 0. The van der Waals surface area contributed by atoms with Gasteiger partial charge in [0.2, 0.25) is 0 Å². The highest BCUT2D eigenvalue weighted by molar-refractivity contribution is 7.98. The topological polar surface area (TPSA) is 30.7 Å². The smallest absolute Gasteiger partial charge is 0.191 e. The van der Waals surface area contributed by atoms with Gasteiger partial charge in [-0.15, -0.1) is 10.2 Å². The first-order valence-corrected chi connectivity index (χ1v) is 9.02. The van der Waals surface area contributed by atoms with Gasteiger partial charge in [0.05, 0.1) is 0 Å². The van der Waals surface area contributed by atoms with Crippen LogP contribution in [0.5, 0.6) is 0 Å². The summed E-state index contributed by atoms with van der Waals surface area (Å²) in [4.78, 5) is 0. The average molecular weight is 362 g/mol. The number of aryl methyl sites for hydroxylation is 1. The van der Waals surface area contributed by atoms with Gasteiger partial charge in [-0.3, -0.25) is 0 Å². The minimum absolute atomic E-state index is 0.327. The van der Waals surface area contributed by atoms with Crippen LogP contribution in [-0.2, 0) is 12.3 Å². The zero-order valence-electron chi connectivity index (χ0n) is 13.5. The first-order chi connectivity index (χ1) is 11.6. The third-order valence-corrected chi connectivity index (χ3v) is 5.08. The van der Waals surface area contributed by atoms with Crippen LogP contribution in [0.3, 0.4) is 0 Å². The SMILES string of the molecule is CCn1c(SCc2ccc(F)cc2Cl)nnc1-c1ccc(C)cc1. The Balaban J connectivity index is 1.83. The zero-order chi connectivity index (χ0) is 17.1. The molecule has 0 spiro atoms. The van der Waals surface area contributed by atoms with Crippen LogP contribution >= 0.6 is 23.4 Å². The predicted molar refractivity (Wildman–Crippen MR) is 96.8 cm³/mol. The van der Waals surface area contributed by atoms with E-state index in [1.54, 1.807) is 17.8 Å². The molecule has 6 heteroatoms. The van der Waals surface area contributed by atoms with Crippen LogP contribution in [-0.4, -0.2) is 14.8 Å². The summed E-state index contributed by atoms with van der Waals surface area (Å²) in [5.41, 5.74) is 3.13. The lowest BCUT2D eigenvalue weighted by atomic mass is 10.1. The highest BCUT2D eigenvalue weighted by Crippen LogP contribution is 2.29. The number of rotatable bonds is 5. The minimum Gasteiger partial charge on any atom is -0.302 e. The third kappa shape index (κ3) is 3.62. The molecule has 0 radical (unpaired) electrons. The Kier molecular flexibility index (Phi) is 5.21. The van der Waals surface area contributed by atoms with Gasteiger partial charge < -0.3 is 4.57 Å². The normalized spacial score (nSPS) is 11.0. The molecule has 0 aliphatic carbocycles. The molecule has 0 saturated carbocycles. The van der Waals surface area contributed by atoms with E-state index in [9.17, 15) is 4.39 Å². The monoisotopic (exact) mass is 361 g/mol. The first kappa shape index (κ1) is 17.0. The van der Waals surface area contributed by atoms with E-state index in [-0.39, 0.29) is 5.82 Å². The Morgan fingerprint density at radius 1 is 1.12 bits per heavy atom. The number of benzene rings is 2. The number of halogens is 2. The van der Waals surface area contributed by atoms with Crippen molar-refractivity contribution in [3.05, 3.63) is 64.4 Å². The van der Waals surface area contributed by atoms with E-state index in [1.807, 2.05) is 0 Å². The highest BCUT2D eigenvalue weighted by Gasteiger charge is 2.14. The van der Waals surface area contributed by atoms with Crippen molar-refractivity contribution < 1.29 is 4.39 Å². The molecule has 0 aliphatic heterocycles. The Bertz CT molecular complexity index is 846. The second-order valence-electron chi connectivity index (χ2n) is 5.44. The zero-order valence-corrected chi connectivity index (χ0v) is 15.0. The number of thioether (sulfide) groups is 1. The number of nitrogens with zero attached hydrogens (tertiary/aromatic N) is 3. The summed E-state index contributed by atoms with van der Waals surface area (Å²) < 4.78 is 15.2. The number of aromatic nitrogens is 3. The molecule has 0 N–H and O–H groups in total. The quantitative estimate of drug-likeness (QED) is 0.573. The van der Waals surface area contributed by atoms with Crippen molar-refractivity contribution >= 4 is 23.4 Å². The van der Waals surface area contributed by atoms with Crippen LogP contribution < -0.4 is 0 Å². The van der Waals surface area contributed by atoms with E-state index >= 15 is 0 Å². The van der Waals surface area contributed by atoms with Crippen LogP contribution in [0.15, 0.2) is 47.6 Å². The summed E-state index contributed by atoms with van der Waals surface area (Å²) in [6.07, 6.45) is 0. The Labute approximate surface area is 149 Å². The molecule has 0 bridgehead atoms. The summed E-state index contributed by atoms with van der Waals surface area (Å²) in [5, 5.41) is 9.90. The van der Waals surface area contributed by atoms with Gasteiger partial charge >= 0.3 is 0 Å². The molecule has 0 atom stereocenters. The molecule has 0 amide bonds. The molecule has 1 aromatic heterocycles. The van der Waals surface area contributed by atoms with Gasteiger partial charge in [-0.1, -0.05) is 59.3 Å². The molecule has 0 aliphatic rings. The van der Waals surface area contributed by atoms with Gasteiger partial charge in [0, 0.05) is 22.9 Å². The summed E-state index contributed by atoms with van der Waals surface area (Å²) in [5.74, 6) is 1.14. The van der Waals surface area contributed by atoms with Crippen molar-refractivity contribution in [2.75, 3.05) is 0 Å². The van der Waals surface area contributed by atoms with E-state index in [1.165, 1.54) is 17.7 Å². The largest absolute Gasteiger partial charge is 0.302 e. The van der Waals surface area contributed by atoms with E-state index in [0.717, 1.165) is 28.7 Å². The van der Waals surface area contributed by atoms with Crippen molar-refractivity contribution in [1.29, 1.82) is 0 Å². The lowest BCUT2D eigenvalue weighted by Crippen LogP contribution is -2.00. The van der Waals surface area contributed by atoms with Crippen LogP contribution in [0.2, 0.25) is 5.02 Å². The molecule has 0 unspecified atom stereocenters. The fraction of sp³-hybridized carbons (Fsp3) is 0.222. The fourth-order valence-electron chi connectivity index (χ4n) is 2.38. The molecule has 2 aromatic carbocycles. The second-order valence-corrected chi connectivity index (χ2v) is 6.79. The second kappa shape index (κ2) is 7.36. The van der Waals surface area contributed by atoms with Crippen LogP contribution in [0, 0.1) is 12.7 Å². The van der Waals surface area contributed by atoms with Gasteiger partial charge in [0.15, 0.2) is 11.0 Å². The van der Waals surface area contributed by atoms with E-state index < -0.39 is 0 Å². The van der Waals surface area contributed by atoms with Crippen LogP contribution in [0.1, 0.15) is 18.1 Å². The van der Waals surface area contributed by atoms with E-state index in [4.69, 9.17) is 11.6 Å². The van der Waals surface area contributed by atoms with Crippen LogP contribution in [0.4, 0.5) is 4.39 Å². The predicted octanol–water partition coefficient (Wildman–Crippen LogP) is 5.36. The van der Waals surface area contributed by atoms with Crippen molar-refractivity contribution in [3.8, 4) is 11.4 Å². The summed E-state index contributed by atoms with van der Waals surface area (Å²) in [6, 6.07) is 12.7. The average Bonchev–Trinajstić information content (AvgIpc) is 2.97. The fourth-order valence-corrected chi connectivity index (χ4v) is 3.70.